The third-order valence-electron chi connectivity index (χ3n) is 5.97. The number of rotatable bonds is 7. The van der Waals surface area contributed by atoms with Crippen LogP contribution < -0.4 is 15.4 Å². The van der Waals surface area contributed by atoms with Gasteiger partial charge in [0.25, 0.3) is 0 Å². The van der Waals surface area contributed by atoms with Crippen molar-refractivity contribution in [3.05, 3.63) is 29.8 Å². The zero-order chi connectivity index (χ0) is 17.1. The molecule has 0 saturated heterocycles. The molecule has 5 unspecified atom stereocenters. The molecule has 2 saturated carbocycles. The Hall–Kier alpha value is -1.55. The average molecular weight is 330 g/mol. The normalized spacial score (nSPS) is 27.7. The first-order valence-electron chi connectivity index (χ1n) is 9.23. The van der Waals surface area contributed by atoms with Crippen LogP contribution in [0.2, 0.25) is 0 Å². The van der Waals surface area contributed by atoms with Crippen molar-refractivity contribution in [3.8, 4) is 5.75 Å². The van der Waals surface area contributed by atoms with Gasteiger partial charge in [-0.15, -0.1) is 0 Å². The van der Waals surface area contributed by atoms with Crippen molar-refractivity contribution >= 4 is 5.91 Å². The van der Waals surface area contributed by atoms with Gasteiger partial charge in [-0.05, 0) is 68.6 Å². The summed E-state index contributed by atoms with van der Waals surface area (Å²) in [5.41, 5.74) is 1.08. The van der Waals surface area contributed by atoms with Crippen LogP contribution in [-0.2, 0) is 11.3 Å². The summed E-state index contributed by atoms with van der Waals surface area (Å²) in [6, 6.07) is 8.06. The van der Waals surface area contributed by atoms with Crippen LogP contribution in [0.15, 0.2) is 24.3 Å². The maximum absolute atomic E-state index is 12.4. The Morgan fingerprint density at radius 1 is 1.21 bits per heavy atom. The number of amides is 1. The van der Waals surface area contributed by atoms with Crippen molar-refractivity contribution in [2.45, 2.75) is 58.2 Å². The number of carbonyl (C=O) groups is 1. The highest BCUT2D eigenvalue weighted by atomic mass is 16.5. The molecular weight excluding hydrogens is 300 g/mol. The summed E-state index contributed by atoms with van der Waals surface area (Å²) in [7, 11) is 1.65. The van der Waals surface area contributed by atoms with Gasteiger partial charge in [0, 0.05) is 12.6 Å². The molecule has 1 amide bonds. The quantitative estimate of drug-likeness (QED) is 0.808. The van der Waals surface area contributed by atoms with Crippen molar-refractivity contribution in [2.24, 2.45) is 17.8 Å². The van der Waals surface area contributed by atoms with E-state index in [1.54, 1.807) is 7.11 Å². The van der Waals surface area contributed by atoms with E-state index in [0.717, 1.165) is 29.1 Å². The van der Waals surface area contributed by atoms with Crippen LogP contribution in [-0.4, -0.2) is 25.1 Å². The topological polar surface area (TPSA) is 50.4 Å². The summed E-state index contributed by atoms with van der Waals surface area (Å²) in [5, 5.41) is 6.55. The maximum atomic E-state index is 12.4. The zero-order valence-electron chi connectivity index (χ0n) is 15.0. The van der Waals surface area contributed by atoms with Crippen LogP contribution >= 0.6 is 0 Å². The fourth-order valence-electron chi connectivity index (χ4n) is 4.59. The molecule has 0 aromatic heterocycles. The summed E-state index contributed by atoms with van der Waals surface area (Å²) in [4.78, 5) is 12.4. The summed E-state index contributed by atoms with van der Waals surface area (Å²) in [6.45, 7) is 4.77. The number of methoxy groups -OCH3 is 1. The second kappa shape index (κ2) is 7.56. The van der Waals surface area contributed by atoms with E-state index in [1.807, 2.05) is 31.2 Å². The van der Waals surface area contributed by atoms with Gasteiger partial charge in [-0.25, -0.2) is 0 Å². The van der Waals surface area contributed by atoms with E-state index in [4.69, 9.17) is 4.74 Å². The molecule has 5 atom stereocenters. The lowest BCUT2D eigenvalue weighted by molar-refractivity contribution is -0.123. The minimum atomic E-state index is -0.155. The van der Waals surface area contributed by atoms with Gasteiger partial charge >= 0.3 is 0 Å². The molecule has 0 heterocycles. The van der Waals surface area contributed by atoms with E-state index in [9.17, 15) is 4.79 Å². The molecule has 4 heteroatoms. The second-order valence-electron chi connectivity index (χ2n) is 7.58. The van der Waals surface area contributed by atoms with Gasteiger partial charge in [0.1, 0.15) is 5.75 Å². The number of carbonyl (C=O) groups excluding carboxylic acids is 1. The van der Waals surface area contributed by atoms with Crippen LogP contribution in [0.4, 0.5) is 0 Å². The van der Waals surface area contributed by atoms with Gasteiger partial charge in [0.2, 0.25) is 5.91 Å². The fraction of sp³-hybridized carbons (Fsp3) is 0.650. The van der Waals surface area contributed by atoms with E-state index < -0.39 is 0 Å². The third-order valence-corrected chi connectivity index (χ3v) is 5.97. The highest BCUT2D eigenvalue weighted by molar-refractivity contribution is 5.81. The van der Waals surface area contributed by atoms with E-state index in [-0.39, 0.29) is 11.9 Å². The van der Waals surface area contributed by atoms with Gasteiger partial charge in [-0.3, -0.25) is 4.79 Å². The van der Waals surface area contributed by atoms with Crippen LogP contribution in [0, 0.1) is 17.8 Å². The van der Waals surface area contributed by atoms with Crippen LogP contribution in [0.1, 0.15) is 45.1 Å². The lowest BCUT2D eigenvalue weighted by Gasteiger charge is -2.30. The molecule has 2 bridgehead atoms. The second-order valence-corrected chi connectivity index (χ2v) is 7.58. The predicted octanol–water partition coefficient (Wildman–Crippen LogP) is 3.11. The summed E-state index contributed by atoms with van der Waals surface area (Å²) >= 11 is 0. The maximum Gasteiger partial charge on any atom is 0.237 e. The molecule has 3 rings (SSSR count). The molecule has 0 aliphatic heterocycles. The average Bonchev–Trinajstić information content (AvgIpc) is 3.23. The van der Waals surface area contributed by atoms with Gasteiger partial charge in [0.15, 0.2) is 0 Å². The van der Waals surface area contributed by atoms with E-state index in [0.29, 0.717) is 12.6 Å². The van der Waals surface area contributed by atoms with Crippen molar-refractivity contribution < 1.29 is 9.53 Å². The third kappa shape index (κ3) is 3.92. The first kappa shape index (κ1) is 17.3. The molecule has 2 aliphatic carbocycles. The number of hydrogen-bond donors (Lipinski definition) is 2. The number of ether oxygens (including phenoxy) is 1. The zero-order valence-corrected chi connectivity index (χ0v) is 15.0. The van der Waals surface area contributed by atoms with E-state index >= 15 is 0 Å². The monoisotopic (exact) mass is 330 g/mol. The van der Waals surface area contributed by atoms with Crippen molar-refractivity contribution in [2.75, 3.05) is 7.11 Å². The molecule has 0 radical (unpaired) electrons. The van der Waals surface area contributed by atoms with Gasteiger partial charge in [0.05, 0.1) is 13.2 Å². The Bertz CT molecular complexity index is 557. The molecule has 132 valence electrons. The van der Waals surface area contributed by atoms with Gasteiger partial charge < -0.3 is 15.4 Å². The first-order valence-corrected chi connectivity index (χ1v) is 9.23. The number of nitrogens with one attached hydrogen (secondary N) is 2. The predicted molar refractivity (Wildman–Crippen MR) is 95.8 cm³/mol. The minimum absolute atomic E-state index is 0.0702. The Balaban J connectivity index is 1.44. The lowest BCUT2D eigenvalue weighted by atomic mass is 9.84. The molecule has 1 aromatic rings. The van der Waals surface area contributed by atoms with E-state index in [2.05, 4.69) is 17.6 Å². The lowest BCUT2D eigenvalue weighted by Crippen LogP contribution is -2.48. The molecule has 0 spiro atoms. The summed E-state index contributed by atoms with van der Waals surface area (Å²) in [5.74, 6) is 3.48. The molecule has 24 heavy (non-hydrogen) atoms. The number of hydrogen-bond acceptors (Lipinski definition) is 3. The Kier molecular flexibility index (Phi) is 5.44. The number of fused-ring (bicyclic) bond motifs is 2. The van der Waals surface area contributed by atoms with Crippen LogP contribution in [0.25, 0.3) is 0 Å². The highest BCUT2D eigenvalue weighted by Gasteiger charge is 2.42. The Labute approximate surface area is 145 Å². The van der Waals surface area contributed by atoms with Crippen molar-refractivity contribution in [1.29, 1.82) is 0 Å². The first-order chi connectivity index (χ1) is 11.6. The van der Waals surface area contributed by atoms with Gasteiger partial charge in [-0.2, -0.15) is 0 Å². The highest BCUT2D eigenvalue weighted by Crippen LogP contribution is 2.49. The molecule has 4 nitrogen and oxygen atoms in total. The molecule has 1 aromatic carbocycles. The summed E-state index contributed by atoms with van der Waals surface area (Å²) < 4.78 is 5.15. The summed E-state index contributed by atoms with van der Waals surface area (Å²) in [6.07, 6.45) is 5.57. The van der Waals surface area contributed by atoms with Crippen LogP contribution in [0.5, 0.6) is 5.75 Å². The smallest absolute Gasteiger partial charge is 0.237 e. The van der Waals surface area contributed by atoms with E-state index in [1.165, 1.54) is 25.7 Å². The van der Waals surface area contributed by atoms with Crippen LogP contribution in [0.3, 0.4) is 0 Å². The van der Waals surface area contributed by atoms with Gasteiger partial charge in [-0.1, -0.05) is 18.6 Å². The Morgan fingerprint density at radius 3 is 2.54 bits per heavy atom. The van der Waals surface area contributed by atoms with Crippen molar-refractivity contribution in [1.82, 2.24) is 10.6 Å². The molecule has 2 N–H and O–H groups in total. The SMILES string of the molecule is COc1ccc(CNC(=O)C(C)NC(C)C2CC3CCC2C3)cc1. The Morgan fingerprint density at radius 2 is 1.96 bits per heavy atom. The number of benzene rings is 1. The molecule has 2 aliphatic rings. The fourth-order valence-corrected chi connectivity index (χ4v) is 4.59. The molecule has 2 fully saturated rings. The minimum Gasteiger partial charge on any atom is -0.497 e. The molecular formula is C20H30N2O2. The standard InChI is InChI=1S/C20H30N2O2/c1-13(19-11-16-4-7-17(19)10-16)22-14(2)20(23)21-12-15-5-8-18(24-3)9-6-15/h5-6,8-9,13-14,16-17,19,22H,4,7,10-12H2,1-3H3,(H,21,23). The van der Waals surface area contributed by atoms with Crippen molar-refractivity contribution in [3.63, 3.8) is 0 Å². The largest absolute Gasteiger partial charge is 0.497 e.